The number of furan rings is 1. The molecule has 20 heavy (non-hydrogen) atoms. The van der Waals surface area contributed by atoms with E-state index in [9.17, 15) is 4.79 Å². The van der Waals surface area contributed by atoms with Crippen LogP contribution in [0.4, 0.5) is 0 Å². The van der Waals surface area contributed by atoms with E-state index in [-0.39, 0.29) is 11.9 Å². The molecule has 2 aromatic rings. The van der Waals surface area contributed by atoms with Gasteiger partial charge in [0.15, 0.2) is 0 Å². The van der Waals surface area contributed by atoms with Crippen molar-refractivity contribution in [2.24, 2.45) is 0 Å². The van der Waals surface area contributed by atoms with Crippen LogP contribution in [0.25, 0.3) is 0 Å². The number of nitrogens with zero attached hydrogens (tertiary/aromatic N) is 1. The van der Waals surface area contributed by atoms with Crippen LogP contribution in [0.3, 0.4) is 0 Å². The predicted molar refractivity (Wildman–Crippen MR) is 81.7 cm³/mol. The van der Waals surface area contributed by atoms with E-state index in [1.165, 1.54) is 4.90 Å². The average Bonchev–Trinajstić information content (AvgIpc) is 3.01. The van der Waals surface area contributed by atoms with Crippen molar-refractivity contribution in [3.63, 3.8) is 0 Å². The third kappa shape index (κ3) is 3.90. The number of rotatable bonds is 6. The lowest BCUT2D eigenvalue weighted by molar-refractivity contribution is -0.131. The summed E-state index contributed by atoms with van der Waals surface area (Å²) in [4.78, 5) is 15.1. The molecule has 1 amide bonds. The highest BCUT2D eigenvalue weighted by Gasteiger charge is 2.18. The van der Waals surface area contributed by atoms with Crippen molar-refractivity contribution < 1.29 is 9.21 Å². The van der Waals surface area contributed by atoms with Gasteiger partial charge in [-0.05, 0) is 31.2 Å². The zero-order chi connectivity index (χ0) is 14.4. The zero-order valence-electron chi connectivity index (χ0n) is 11.8. The van der Waals surface area contributed by atoms with Crippen LogP contribution in [-0.2, 0) is 4.79 Å². The summed E-state index contributed by atoms with van der Waals surface area (Å²) >= 11 is 1.70. The van der Waals surface area contributed by atoms with E-state index in [1.807, 2.05) is 44.3 Å². The molecule has 1 atom stereocenters. The monoisotopic (exact) mass is 289 g/mol. The van der Waals surface area contributed by atoms with E-state index >= 15 is 0 Å². The summed E-state index contributed by atoms with van der Waals surface area (Å²) in [5.41, 5.74) is 0. The summed E-state index contributed by atoms with van der Waals surface area (Å²) < 4.78 is 5.34. The molecule has 0 bridgehead atoms. The van der Waals surface area contributed by atoms with Crippen LogP contribution in [0, 0.1) is 0 Å². The smallest absolute Gasteiger partial charge is 0.223 e. The second-order valence-electron chi connectivity index (χ2n) is 4.61. The minimum absolute atomic E-state index is 0.0285. The quantitative estimate of drug-likeness (QED) is 0.754. The largest absolute Gasteiger partial charge is 0.467 e. The Bertz CT molecular complexity index is 525. The standard InChI is InChI=1S/C16H19NO2S/c1-13(15-9-6-11-19-15)17(2)16(18)10-12-20-14-7-4-3-5-8-14/h3-9,11,13H,10,12H2,1-2H3. The van der Waals surface area contributed by atoms with E-state index in [0.29, 0.717) is 6.42 Å². The Balaban J connectivity index is 1.80. The Hall–Kier alpha value is -1.68. The van der Waals surface area contributed by atoms with Gasteiger partial charge in [-0.15, -0.1) is 11.8 Å². The lowest BCUT2D eigenvalue weighted by Gasteiger charge is -2.23. The molecule has 1 heterocycles. The van der Waals surface area contributed by atoms with E-state index in [4.69, 9.17) is 4.42 Å². The van der Waals surface area contributed by atoms with Gasteiger partial charge in [-0.3, -0.25) is 4.79 Å². The van der Waals surface area contributed by atoms with Crippen molar-refractivity contribution in [2.45, 2.75) is 24.3 Å². The van der Waals surface area contributed by atoms with Crippen LogP contribution in [-0.4, -0.2) is 23.6 Å². The Kier molecular flexibility index (Phi) is 5.30. The molecule has 0 spiro atoms. The van der Waals surface area contributed by atoms with E-state index in [1.54, 1.807) is 22.9 Å². The van der Waals surface area contributed by atoms with Crippen LogP contribution < -0.4 is 0 Å². The van der Waals surface area contributed by atoms with E-state index < -0.39 is 0 Å². The molecule has 0 aliphatic heterocycles. The molecule has 0 saturated heterocycles. The maximum Gasteiger partial charge on any atom is 0.223 e. The molecule has 1 unspecified atom stereocenters. The lowest BCUT2D eigenvalue weighted by atomic mass is 10.2. The second-order valence-corrected chi connectivity index (χ2v) is 5.78. The summed E-state index contributed by atoms with van der Waals surface area (Å²) in [5, 5.41) is 0. The van der Waals surface area contributed by atoms with Gasteiger partial charge in [0, 0.05) is 24.1 Å². The third-order valence-electron chi connectivity index (χ3n) is 3.26. The summed E-state index contributed by atoms with van der Waals surface area (Å²) in [5.74, 6) is 1.74. The Morgan fingerprint density at radius 1 is 1.25 bits per heavy atom. The SMILES string of the molecule is CC(c1ccco1)N(C)C(=O)CCSc1ccccc1. The van der Waals surface area contributed by atoms with E-state index in [2.05, 4.69) is 12.1 Å². The van der Waals surface area contributed by atoms with Crippen LogP contribution in [0.2, 0.25) is 0 Å². The average molecular weight is 289 g/mol. The minimum atomic E-state index is -0.0285. The van der Waals surface area contributed by atoms with Gasteiger partial charge in [0.1, 0.15) is 5.76 Å². The predicted octanol–water partition coefficient (Wildman–Crippen LogP) is 3.98. The van der Waals surface area contributed by atoms with Crippen molar-refractivity contribution in [1.29, 1.82) is 0 Å². The first kappa shape index (κ1) is 14.7. The number of thioether (sulfide) groups is 1. The fraction of sp³-hybridized carbons (Fsp3) is 0.312. The number of hydrogen-bond donors (Lipinski definition) is 0. The van der Waals surface area contributed by atoms with Crippen molar-refractivity contribution >= 4 is 17.7 Å². The first-order chi connectivity index (χ1) is 9.68. The van der Waals surface area contributed by atoms with E-state index in [0.717, 1.165) is 11.5 Å². The van der Waals surface area contributed by atoms with Crippen molar-refractivity contribution in [1.82, 2.24) is 4.90 Å². The molecule has 0 radical (unpaired) electrons. The molecule has 1 aromatic heterocycles. The van der Waals surface area contributed by atoms with Crippen molar-refractivity contribution in [3.8, 4) is 0 Å². The summed E-state index contributed by atoms with van der Waals surface area (Å²) in [6.07, 6.45) is 2.16. The van der Waals surface area contributed by atoms with Crippen LogP contribution in [0.1, 0.15) is 25.1 Å². The van der Waals surface area contributed by atoms with Gasteiger partial charge >= 0.3 is 0 Å². The van der Waals surface area contributed by atoms with Crippen molar-refractivity contribution in [2.75, 3.05) is 12.8 Å². The van der Waals surface area contributed by atoms with Crippen LogP contribution in [0.15, 0.2) is 58.0 Å². The molecular formula is C16H19NO2S. The fourth-order valence-electron chi connectivity index (χ4n) is 1.89. The van der Waals surface area contributed by atoms with Gasteiger partial charge in [-0.25, -0.2) is 0 Å². The topological polar surface area (TPSA) is 33.5 Å². The maximum absolute atomic E-state index is 12.1. The summed E-state index contributed by atoms with van der Waals surface area (Å²) in [6.45, 7) is 1.97. The summed E-state index contributed by atoms with van der Waals surface area (Å²) in [6, 6.07) is 13.8. The number of benzene rings is 1. The normalized spacial score (nSPS) is 12.1. The molecule has 4 heteroatoms. The number of carbonyl (C=O) groups is 1. The Morgan fingerprint density at radius 2 is 2.00 bits per heavy atom. The Labute approximate surface area is 124 Å². The van der Waals surface area contributed by atoms with Gasteiger partial charge in [-0.2, -0.15) is 0 Å². The van der Waals surface area contributed by atoms with Crippen LogP contribution in [0.5, 0.6) is 0 Å². The lowest BCUT2D eigenvalue weighted by Crippen LogP contribution is -2.29. The van der Waals surface area contributed by atoms with Gasteiger partial charge in [0.2, 0.25) is 5.91 Å². The molecule has 0 N–H and O–H groups in total. The fourth-order valence-corrected chi connectivity index (χ4v) is 2.75. The first-order valence-electron chi connectivity index (χ1n) is 6.65. The van der Waals surface area contributed by atoms with Crippen molar-refractivity contribution in [3.05, 3.63) is 54.5 Å². The molecular weight excluding hydrogens is 270 g/mol. The molecule has 3 nitrogen and oxygen atoms in total. The Morgan fingerprint density at radius 3 is 2.65 bits per heavy atom. The maximum atomic E-state index is 12.1. The van der Waals surface area contributed by atoms with Gasteiger partial charge in [0.05, 0.1) is 12.3 Å². The number of amides is 1. The second kappa shape index (κ2) is 7.20. The zero-order valence-corrected chi connectivity index (χ0v) is 12.6. The molecule has 1 aromatic carbocycles. The molecule has 106 valence electrons. The molecule has 0 aliphatic carbocycles. The van der Waals surface area contributed by atoms with Crippen LogP contribution >= 0.6 is 11.8 Å². The molecule has 0 fully saturated rings. The number of carbonyl (C=O) groups excluding carboxylic acids is 1. The molecule has 0 saturated carbocycles. The highest BCUT2D eigenvalue weighted by atomic mass is 32.2. The van der Waals surface area contributed by atoms with Gasteiger partial charge in [-0.1, -0.05) is 18.2 Å². The highest BCUT2D eigenvalue weighted by Crippen LogP contribution is 2.22. The minimum Gasteiger partial charge on any atom is -0.467 e. The number of hydrogen-bond acceptors (Lipinski definition) is 3. The summed E-state index contributed by atoms with van der Waals surface area (Å²) in [7, 11) is 1.82. The van der Waals surface area contributed by atoms with Gasteiger partial charge < -0.3 is 9.32 Å². The first-order valence-corrected chi connectivity index (χ1v) is 7.64. The third-order valence-corrected chi connectivity index (χ3v) is 4.27. The highest BCUT2D eigenvalue weighted by molar-refractivity contribution is 7.99. The molecule has 2 rings (SSSR count). The van der Waals surface area contributed by atoms with Gasteiger partial charge in [0.25, 0.3) is 0 Å². The molecule has 0 aliphatic rings.